The fourth-order valence-corrected chi connectivity index (χ4v) is 2.46. The van der Waals surface area contributed by atoms with E-state index in [0.29, 0.717) is 5.96 Å². The summed E-state index contributed by atoms with van der Waals surface area (Å²) in [6.07, 6.45) is 0.268. The molecule has 0 amide bonds. The van der Waals surface area contributed by atoms with Crippen molar-refractivity contribution < 1.29 is 9.84 Å². The van der Waals surface area contributed by atoms with Crippen molar-refractivity contribution in [3.05, 3.63) is 65.7 Å². The summed E-state index contributed by atoms with van der Waals surface area (Å²) in [4.78, 5) is 4.44. The van der Waals surface area contributed by atoms with Crippen molar-refractivity contribution in [3.8, 4) is 5.75 Å². The van der Waals surface area contributed by atoms with E-state index in [0.717, 1.165) is 30.8 Å². The smallest absolute Gasteiger partial charge is 0.191 e. The number of aliphatic hydroxyl groups is 1. The summed E-state index contributed by atoms with van der Waals surface area (Å²) in [6, 6.07) is 18.1. The molecule has 0 aromatic heterocycles. The van der Waals surface area contributed by atoms with Crippen molar-refractivity contribution in [2.24, 2.45) is 4.99 Å². The number of halogens is 1. The third kappa shape index (κ3) is 9.63. The van der Waals surface area contributed by atoms with E-state index in [1.165, 1.54) is 5.56 Å². The van der Waals surface area contributed by atoms with E-state index in [2.05, 4.69) is 27.8 Å². The molecule has 6 heteroatoms. The average molecular weight is 483 g/mol. The van der Waals surface area contributed by atoms with Crippen LogP contribution in [0.5, 0.6) is 5.75 Å². The van der Waals surface area contributed by atoms with E-state index in [1.807, 2.05) is 56.3 Å². The third-order valence-corrected chi connectivity index (χ3v) is 3.79. The Balaban J connectivity index is 0.00000364. The molecule has 2 aromatic carbocycles. The molecule has 0 bridgehead atoms. The van der Waals surface area contributed by atoms with Gasteiger partial charge in [-0.05, 0) is 43.5 Å². The second-order valence-corrected chi connectivity index (χ2v) is 6.16. The molecular weight excluding hydrogens is 453 g/mol. The van der Waals surface area contributed by atoms with Crippen molar-refractivity contribution in [1.82, 2.24) is 10.6 Å². The Morgan fingerprint density at radius 1 is 1.11 bits per heavy atom. The van der Waals surface area contributed by atoms with Gasteiger partial charge in [-0.2, -0.15) is 0 Å². The minimum absolute atomic E-state index is 0. The van der Waals surface area contributed by atoms with Crippen molar-refractivity contribution >= 4 is 29.9 Å². The number of hydrogen-bond donors (Lipinski definition) is 3. The lowest BCUT2D eigenvalue weighted by molar-refractivity contribution is 0.114. The van der Waals surface area contributed by atoms with Crippen LogP contribution in [0.4, 0.5) is 0 Å². The summed E-state index contributed by atoms with van der Waals surface area (Å²) >= 11 is 0. The molecule has 0 radical (unpaired) electrons. The highest BCUT2D eigenvalue weighted by atomic mass is 127. The van der Waals surface area contributed by atoms with Crippen LogP contribution in [-0.4, -0.2) is 43.4 Å². The fourth-order valence-electron chi connectivity index (χ4n) is 2.46. The van der Waals surface area contributed by atoms with E-state index in [4.69, 9.17) is 4.74 Å². The number of rotatable bonds is 9. The maximum atomic E-state index is 10.1. The Kier molecular flexibility index (Phi) is 11.5. The van der Waals surface area contributed by atoms with Gasteiger partial charge in [-0.15, -0.1) is 24.0 Å². The quantitative estimate of drug-likeness (QED) is 0.291. The molecule has 1 atom stereocenters. The first-order valence-electron chi connectivity index (χ1n) is 9.11. The SMILES string of the molecule is CCNC(=NCC(O)COc1cccc(C)c1)NCCc1ccccc1.I. The number of guanidine groups is 1. The molecular formula is C21H30IN3O2. The van der Waals surface area contributed by atoms with E-state index >= 15 is 0 Å². The minimum atomic E-state index is -0.653. The molecule has 0 saturated heterocycles. The van der Waals surface area contributed by atoms with Gasteiger partial charge < -0.3 is 20.5 Å². The summed E-state index contributed by atoms with van der Waals surface area (Å²) in [7, 11) is 0. The first kappa shape index (κ1) is 23.2. The maximum Gasteiger partial charge on any atom is 0.191 e. The number of nitrogens with zero attached hydrogens (tertiary/aromatic N) is 1. The molecule has 0 saturated carbocycles. The van der Waals surface area contributed by atoms with Gasteiger partial charge in [-0.25, -0.2) is 0 Å². The Hall–Kier alpha value is -1.80. The van der Waals surface area contributed by atoms with Crippen LogP contribution in [0, 0.1) is 6.92 Å². The number of aliphatic hydroxyl groups excluding tert-OH is 1. The van der Waals surface area contributed by atoms with Gasteiger partial charge in [0.25, 0.3) is 0 Å². The molecule has 3 N–H and O–H groups in total. The van der Waals surface area contributed by atoms with Gasteiger partial charge in [0.1, 0.15) is 18.5 Å². The van der Waals surface area contributed by atoms with Gasteiger partial charge >= 0.3 is 0 Å². The first-order chi connectivity index (χ1) is 12.7. The van der Waals surface area contributed by atoms with Crippen LogP contribution in [0.3, 0.4) is 0 Å². The lowest BCUT2D eigenvalue weighted by atomic mass is 10.1. The van der Waals surface area contributed by atoms with Gasteiger partial charge in [-0.3, -0.25) is 4.99 Å². The summed E-state index contributed by atoms with van der Waals surface area (Å²) in [5, 5.41) is 16.6. The minimum Gasteiger partial charge on any atom is -0.491 e. The Bertz CT molecular complexity index is 680. The van der Waals surface area contributed by atoms with Crippen LogP contribution in [0.25, 0.3) is 0 Å². The molecule has 2 aromatic rings. The molecule has 5 nitrogen and oxygen atoms in total. The summed E-state index contributed by atoms with van der Waals surface area (Å²) in [6.45, 7) is 6.09. The van der Waals surface area contributed by atoms with E-state index in [-0.39, 0.29) is 37.1 Å². The predicted molar refractivity (Wildman–Crippen MR) is 122 cm³/mol. The molecule has 2 rings (SSSR count). The second-order valence-electron chi connectivity index (χ2n) is 6.16. The summed E-state index contributed by atoms with van der Waals surface area (Å²) in [5.41, 5.74) is 2.41. The zero-order chi connectivity index (χ0) is 18.6. The van der Waals surface area contributed by atoms with Gasteiger partial charge in [0.2, 0.25) is 0 Å². The van der Waals surface area contributed by atoms with Crippen molar-refractivity contribution in [2.75, 3.05) is 26.2 Å². The Morgan fingerprint density at radius 3 is 2.59 bits per heavy atom. The molecule has 0 fully saturated rings. The zero-order valence-electron chi connectivity index (χ0n) is 16.0. The van der Waals surface area contributed by atoms with Crippen LogP contribution in [-0.2, 0) is 6.42 Å². The van der Waals surface area contributed by atoms with Crippen molar-refractivity contribution in [3.63, 3.8) is 0 Å². The largest absolute Gasteiger partial charge is 0.491 e. The standard InChI is InChI=1S/C21H29N3O2.HI/c1-3-22-21(23-13-12-18-9-5-4-6-10-18)24-15-19(25)16-26-20-11-7-8-17(2)14-20;/h4-11,14,19,25H,3,12-13,15-16H2,1-2H3,(H2,22,23,24);1H. The number of nitrogens with one attached hydrogen (secondary N) is 2. The topological polar surface area (TPSA) is 65.9 Å². The first-order valence-corrected chi connectivity index (χ1v) is 9.11. The highest BCUT2D eigenvalue weighted by Crippen LogP contribution is 2.12. The van der Waals surface area contributed by atoms with Gasteiger partial charge in [0.05, 0.1) is 6.54 Å². The molecule has 0 heterocycles. The normalized spacial score (nSPS) is 12.0. The molecule has 27 heavy (non-hydrogen) atoms. The second kappa shape index (κ2) is 13.4. The van der Waals surface area contributed by atoms with E-state index in [1.54, 1.807) is 0 Å². The van der Waals surface area contributed by atoms with Crippen LogP contribution < -0.4 is 15.4 Å². The fraction of sp³-hybridized carbons (Fsp3) is 0.381. The number of aliphatic imine (C=N–C) groups is 1. The van der Waals surface area contributed by atoms with Gasteiger partial charge in [-0.1, -0.05) is 42.5 Å². The molecule has 0 aliphatic heterocycles. The van der Waals surface area contributed by atoms with Crippen LogP contribution >= 0.6 is 24.0 Å². The van der Waals surface area contributed by atoms with E-state index in [9.17, 15) is 5.11 Å². The molecule has 0 aliphatic rings. The average Bonchev–Trinajstić information content (AvgIpc) is 2.65. The number of benzene rings is 2. The van der Waals surface area contributed by atoms with Crippen LogP contribution in [0.2, 0.25) is 0 Å². The van der Waals surface area contributed by atoms with Gasteiger partial charge in [0, 0.05) is 13.1 Å². The maximum absolute atomic E-state index is 10.1. The van der Waals surface area contributed by atoms with Crippen molar-refractivity contribution in [1.29, 1.82) is 0 Å². The van der Waals surface area contributed by atoms with Crippen molar-refractivity contribution in [2.45, 2.75) is 26.4 Å². The number of ether oxygens (including phenoxy) is 1. The number of aryl methyl sites for hydroxylation is 1. The van der Waals surface area contributed by atoms with Crippen LogP contribution in [0.15, 0.2) is 59.6 Å². The summed E-state index contributed by atoms with van der Waals surface area (Å²) in [5.74, 6) is 1.47. The third-order valence-electron chi connectivity index (χ3n) is 3.79. The lowest BCUT2D eigenvalue weighted by Gasteiger charge is -2.14. The van der Waals surface area contributed by atoms with Crippen LogP contribution in [0.1, 0.15) is 18.1 Å². The predicted octanol–water partition coefficient (Wildman–Crippen LogP) is 3.15. The molecule has 148 valence electrons. The van der Waals surface area contributed by atoms with Gasteiger partial charge in [0.15, 0.2) is 5.96 Å². The Morgan fingerprint density at radius 2 is 1.89 bits per heavy atom. The number of hydrogen-bond acceptors (Lipinski definition) is 3. The molecule has 0 spiro atoms. The lowest BCUT2D eigenvalue weighted by Crippen LogP contribution is -2.39. The molecule has 1 unspecified atom stereocenters. The Labute approximate surface area is 179 Å². The van der Waals surface area contributed by atoms with E-state index < -0.39 is 6.10 Å². The molecule has 0 aliphatic carbocycles. The highest BCUT2D eigenvalue weighted by molar-refractivity contribution is 14.0. The zero-order valence-corrected chi connectivity index (χ0v) is 18.4. The monoisotopic (exact) mass is 483 g/mol. The highest BCUT2D eigenvalue weighted by Gasteiger charge is 2.06. The summed E-state index contributed by atoms with van der Waals surface area (Å²) < 4.78 is 5.62.